The van der Waals surface area contributed by atoms with E-state index in [2.05, 4.69) is 26.3 Å². The number of nitrogens with one attached hydrogen (secondary N) is 1. The van der Waals surface area contributed by atoms with E-state index in [1.807, 2.05) is 29.2 Å². The van der Waals surface area contributed by atoms with Gasteiger partial charge in [-0.1, -0.05) is 0 Å². The van der Waals surface area contributed by atoms with Crippen molar-refractivity contribution in [2.24, 2.45) is 0 Å². The van der Waals surface area contributed by atoms with Crippen LogP contribution < -0.4 is 10.2 Å². The fraction of sp³-hybridized carbons (Fsp3) is 0.421. The Kier molecular flexibility index (Phi) is 4.03. The van der Waals surface area contributed by atoms with Gasteiger partial charge in [-0.3, -0.25) is 15.3 Å². The van der Waals surface area contributed by atoms with Gasteiger partial charge in [-0.05, 0) is 37.5 Å². The summed E-state index contributed by atoms with van der Waals surface area (Å²) in [5.74, 6) is 1.01. The highest BCUT2D eigenvalue weighted by molar-refractivity contribution is 5.92. The van der Waals surface area contributed by atoms with Gasteiger partial charge in [-0.2, -0.15) is 5.10 Å². The van der Waals surface area contributed by atoms with Gasteiger partial charge in [0.05, 0.1) is 24.1 Å². The zero-order valence-corrected chi connectivity index (χ0v) is 14.6. The van der Waals surface area contributed by atoms with Crippen LogP contribution in [0.25, 0.3) is 22.2 Å². The van der Waals surface area contributed by atoms with E-state index in [1.165, 1.54) is 6.42 Å². The molecule has 0 saturated carbocycles. The second-order valence-corrected chi connectivity index (χ2v) is 6.84. The first-order valence-electron chi connectivity index (χ1n) is 9.26. The standard InChI is InChI=1S/C19H22N6O/c1-2-9-26-18(5-1)25-17-12-22-16(14-4-3-6-20-11-14)10-15(17)19(23-25)24-8-7-21-13-24/h3-4,6,10-12,18,21H,1-2,5,7-9,13H2. The highest BCUT2D eigenvalue weighted by Crippen LogP contribution is 2.33. The smallest absolute Gasteiger partial charge is 0.159 e. The molecule has 5 heterocycles. The van der Waals surface area contributed by atoms with Crippen molar-refractivity contribution in [3.63, 3.8) is 0 Å². The number of rotatable bonds is 3. The summed E-state index contributed by atoms with van der Waals surface area (Å²) >= 11 is 0. The quantitative estimate of drug-likeness (QED) is 0.783. The van der Waals surface area contributed by atoms with Crippen LogP contribution in [0.4, 0.5) is 5.82 Å². The Balaban J connectivity index is 1.64. The predicted molar refractivity (Wildman–Crippen MR) is 99.8 cm³/mol. The van der Waals surface area contributed by atoms with Gasteiger partial charge in [0.1, 0.15) is 0 Å². The molecule has 2 aliphatic heterocycles. The zero-order chi connectivity index (χ0) is 17.3. The first kappa shape index (κ1) is 15.7. The molecule has 0 radical (unpaired) electrons. The fourth-order valence-corrected chi connectivity index (χ4v) is 3.75. The molecule has 0 amide bonds. The van der Waals surface area contributed by atoms with Crippen LogP contribution in [0.1, 0.15) is 25.5 Å². The average Bonchev–Trinajstić information content (AvgIpc) is 3.36. The molecule has 26 heavy (non-hydrogen) atoms. The average molecular weight is 350 g/mol. The molecule has 1 N–H and O–H groups in total. The summed E-state index contributed by atoms with van der Waals surface area (Å²) in [6.07, 6.45) is 8.85. The molecule has 0 spiro atoms. The molecule has 2 aliphatic rings. The molecule has 5 rings (SSSR count). The van der Waals surface area contributed by atoms with Crippen LogP contribution in [-0.4, -0.2) is 46.1 Å². The first-order valence-corrected chi connectivity index (χ1v) is 9.26. The van der Waals surface area contributed by atoms with E-state index in [0.717, 1.165) is 67.2 Å². The monoisotopic (exact) mass is 350 g/mol. The number of hydrogen-bond donors (Lipinski definition) is 1. The third-order valence-corrected chi connectivity index (χ3v) is 5.12. The van der Waals surface area contributed by atoms with E-state index in [9.17, 15) is 0 Å². The van der Waals surface area contributed by atoms with Gasteiger partial charge in [0.25, 0.3) is 0 Å². The highest BCUT2D eigenvalue weighted by atomic mass is 16.5. The molecule has 2 fully saturated rings. The van der Waals surface area contributed by atoms with E-state index < -0.39 is 0 Å². The van der Waals surface area contributed by atoms with E-state index in [0.29, 0.717) is 0 Å². The van der Waals surface area contributed by atoms with Crippen LogP contribution in [-0.2, 0) is 4.74 Å². The van der Waals surface area contributed by atoms with E-state index >= 15 is 0 Å². The minimum Gasteiger partial charge on any atom is -0.356 e. The number of ether oxygens (including phenoxy) is 1. The molecule has 0 aliphatic carbocycles. The summed E-state index contributed by atoms with van der Waals surface area (Å²) in [7, 11) is 0. The maximum atomic E-state index is 5.99. The lowest BCUT2D eigenvalue weighted by Gasteiger charge is -2.23. The second kappa shape index (κ2) is 6.66. The first-order chi connectivity index (χ1) is 12.9. The lowest BCUT2D eigenvalue weighted by Crippen LogP contribution is -2.23. The van der Waals surface area contributed by atoms with Crippen LogP contribution in [0.2, 0.25) is 0 Å². The van der Waals surface area contributed by atoms with Crippen LogP contribution in [0.3, 0.4) is 0 Å². The Morgan fingerprint density at radius 1 is 1.23 bits per heavy atom. The van der Waals surface area contributed by atoms with Crippen molar-refractivity contribution in [1.82, 2.24) is 25.1 Å². The number of nitrogens with zero attached hydrogens (tertiary/aromatic N) is 5. The Morgan fingerprint density at radius 2 is 2.23 bits per heavy atom. The normalized spacial score (nSPS) is 20.8. The van der Waals surface area contributed by atoms with Gasteiger partial charge < -0.3 is 9.64 Å². The van der Waals surface area contributed by atoms with Crippen molar-refractivity contribution in [2.45, 2.75) is 25.5 Å². The molecule has 134 valence electrons. The summed E-state index contributed by atoms with van der Waals surface area (Å²) in [5.41, 5.74) is 2.97. The summed E-state index contributed by atoms with van der Waals surface area (Å²) in [6.45, 7) is 3.56. The van der Waals surface area contributed by atoms with Gasteiger partial charge in [0, 0.05) is 43.0 Å². The number of hydrogen-bond acceptors (Lipinski definition) is 6. The molecule has 3 aromatic rings. The SMILES string of the molecule is c1cncc(-c2cc3c(N4CCNC4)nn(C4CCCCO4)c3cn2)c1. The number of anilines is 1. The molecule has 7 nitrogen and oxygen atoms in total. The molecule has 0 bridgehead atoms. The number of aromatic nitrogens is 4. The van der Waals surface area contributed by atoms with Gasteiger partial charge >= 0.3 is 0 Å². The van der Waals surface area contributed by atoms with Gasteiger partial charge in [-0.15, -0.1) is 0 Å². The summed E-state index contributed by atoms with van der Waals surface area (Å²) in [6, 6.07) is 6.10. The summed E-state index contributed by atoms with van der Waals surface area (Å²) in [5, 5.41) is 9.46. The van der Waals surface area contributed by atoms with Crippen molar-refractivity contribution >= 4 is 16.7 Å². The molecule has 1 unspecified atom stereocenters. The van der Waals surface area contributed by atoms with E-state index in [-0.39, 0.29) is 6.23 Å². The van der Waals surface area contributed by atoms with Crippen molar-refractivity contribution in [3.8, 4) is 11.3 Å². The summed E-state index contributed by atoms with van der Waals surface area (Å²) < 4.78 is 8.02. The zero-order valence-electron chi connectivity index (χ0n) is 14.6. The molecule has 2 saturated heterocycles. The van der Waals surface area contributed by atoms with Gasteiger partial charge in [0.2, 0.25) is 0 Å². The minimum atomic E-state index is 0.00149. The lowest BCUT2D eigenvalue weighted by atomic mass is 10.1. The van der Waals surface area contributed by atoms with Crippen LogP contribution in [0, 0.1) is 0 Å². The predicted octanol–water partition coefficient (Wildman–Crippen LogP) is 2.56. The van der Waals surface area contributed by atoms with E-state index in [1.54, 1.807) is 6.20 Å². The van der Waals surface area contributed by atoms with Crippen molar-refractivity contribution < 1.29 is 4.74 Å². The van der Waals surface area contributed by atoms with Crippen molar-refractivity contribution in [1.29, 1.82) is 0 Å². The van der Waals surface area contributed by atoms with Crippen LogP contribution in [0.5, 0.6) is 0 Å². The van der Waals surface area contributed by atoms with E-state index in [4.69, 9.17) is 9.84 Å². The Labute approximate surface area is 152 Å². The minimum absolute atomic E-state index is 0.00149. The largest absolute Gasteiger partial charge is 0.356 e. The third-order valence-electron chi connectivity index (χ3n) is 5.12. The molecule has 7 heteroatoms. The molecular formula is C19H22N6O. The fourth-order valence-electron chi connectivity index (χ4n) is 3.75. The Bertz CT molecular complexity index is 897. The topological polar surface area (TPSA) is 68.1 Å². The van der Waals surface area contributed by atoms with Gasteiger partial charge in [-0.25, -0.2) is 4.68 Å². The number of fused-ring (bicyclic) bond motifs is 1. The maximum absolute atomic E-state index is 5.99. The Morgan fingerprint density at radius 3 is 3.00 bits per heavy atom. The molecule has 0 aromatic carbocycles. The van der Waals surface area contributed by atoms with Crippen LogP contribution in [0.15, 0.2) is 36.8 Å². The number of pyridine rings is 2. The molecule has 1 atom stereocenters. The molecular weight excluding hydrogens is 328 g/mol. The second-order valence-electron chi connectivity index (χ2n) is 6.84. The summed E-state index contributed by atoms with van der Waals surface area (Å²) in [4.78, 5) is 11.2. The maximum Gasteiger partial charge on any atom is 0.159 e. The Hall–Kier alpha value is -2.51. The third kappa shape index (κ3) is 2.73. The lowest BCUT2D eigenvalue weighted by molar-refractivity contribution is -0.0365. The van der Waals surface area contributed by atoms with Crippen molar-refractivity contribution in [2.75, 3.05) is 31.3 Å². The highest BCUT2D eigenvalue weighted by Gasteiger charge is 2.25. The molecule has 3 aromatic heterocycles. The van der Waals surface area contributed by atoms with Gasteiger partial charge in [0.15, 0.2) is 12.0 Å². The van der Waals surface area contributed by atoms with Crippen molar-refractivity contribution in [3.05, 3.63) is 36.8 Å². The van der Waals surface area contributed by atoms with Crippen LogP contribution >= 0.6 is 0 Å².